The first-order valence-electron chi connectivity index (χ1n) is 6.04. The summed E-state index contributed by atoms with van der Waals surface area (Å²) in [7, 11) is -3.71. The fourth-order valence-electron chi connectivity index (χ4n) is 1.86. The van der Waals surface area contributed by atoms with Crippen molar-refractivity contribution in [2.24, 2.45) is 0 Å². The number of amides is 1. The highest BCUT2D eigenvalue weighted by atomic mass is 32.2. The smallest absolute Gasteiger partial charge is 0.263 e. The van der Waals surface area contributed by atoms with E-state index in [1.165, 1.54) is 46.7 Å². The van der Waals surface area contributed by atoms with E-state index in [1.54, 1.807) is 5.38 Å². The van der Waals surface area contributed by atoms with Crippen LogP contribution in [0.25, 0.3) is 0 Å². The summed E-state index contributed by atoms with van der Waals surface area (Å²) >= 11 is 2.33. The highest BCUT2D eigenvalue weighted by Gasteiger charge is 2.28. The number of hydrogen-bond donors (Lipinski definition) is 2. The van der Waals surface area contributed by atoms with Crippen LogP contribution >= 0.6 is 23.1 Å². The molecule has 1 fully saturated rings. The van der Waals surface area contributed by atoms with Crippen molar-refractivity contribution >= 4 is 55.0 Å². The van der Waals surface area contributed by atoms with Crippen LogP contribution in [0.3, 0.4) is 0 Å². The number of thioether (sulfide) groups is 1. The van der Waals surface area contributed by atoms with Crippen molar-refractivity contribution < 1.29 is 13.2 Å². The standard InChI is InChI=1S/C12H10N4O3S3/c13-11-16(10(17)7-21-11)8-1-3-9(4-2-8)22(18,19)15-12-14-5-6-20-12/h1-6,13H,7H2,(H,14,15). The van der Waals surface area contributed by atoms with Crippen LogP contribution in [0.2, 0.25) is 0 Å². The molecule has 0 aliphatic carbocycles. The number of thiazole rings is 1. The largest absolute Gasteiger partial charge is 0.278 e. The van der Waals surface area contributed by atoms with Crippen LogP contribution in [0.4, 0.5) is 10.8 Å². The number of anilines is 2. The molecule has 1 aromatic carbocycles. The number of hydrogen-bond acceptors (Lipinski definition) is 7. The lowest BCUT2D eigenvalue weighted by Gasteiger charge is -2.15. The number of nitrogens with zero attached hydrogens (tertiary/aromatic N) is 2. The Morgan fingerprint density at radius 1 is 1.27 bits per heavy atom. The first-order chi connectivity index (χ1) is 10.5. The summed E-state index contributed by atoms with van der Waals surface area (Å²) < 4.78 is 26.8. The Labute approximate surface area is 134 Å². The van der Waals surface area contributed by atoms with Crippen molar-refractivity contribution in [1.82, 2.24) is 4.98 Å². The molecule has 1 aromatic heterocycles. The van der Waals surface area contributed by atoms with Crippen LogP contribution in [-0.2, 0) is 14.8 Å². The molecule has 0 unspecified atom stereocenters. The number of sulfonamides is 1. The number of aromatic nitrogens is 1. The van der Waals surface area contributed by atoms with E-state index in [4.69, 9.17) is 5.41 Å². The fraction of sp³-hybridized carbons (Fsp3) is 0.0833. The van der Waals surface area contributed by atoms with Gasteiger partial charge in [-0.05, 0) is 24.3 Å². The summed E-state index contributed by atoms with van der Waals surface area (Å²) in [6.45, 7) is 0. The normalized spacial score (nSPS) is 15.4. The van der Waals surface area contributed by atoms with Crippen LogP contribution in [-0.4, -0.2) is 30.2 Å². The third-order valence-electron chi connectivity index (χ3n) is 2.84. The van der Waals surface area contributed by atoms with Gasteiger partial charge < -0.3 is 0 Å². The summed E-state index contributed by atoms with van der Waals surface area (Å²) in [4.78, 5) is 16.9. The van der Waals surface area contributed by atoms with E-state index in [2.05, 4.69) is 9.71 Å². The minimum absolute atomic E-state index is 0.0669. The van der Waals surface area contributed by atoms with Crippen molar-refractivity contribution in [2.45, 2.75) is 4.90 Å². The molecule has 1 aliphatic rings. The lowest BCUT2D eigenvalue weighted by molar-refractivity contribution is -0.115. The van der Waals surface area contributed by atoms with Gasteiger partial charge in [0.2, 0.25) is 5.91 Å². The second kappa shape index (κ2) is 5.71. The van der Waals surface area contributed by atoms with Crippen molar-refractivity contribution in [3.05, 3.63) is 35.8 Å². The van der Waals surface area contributed by atoms with Crippen LogP contribution in [0, 0.1) is 5.41 Å². The van der Waals surface area contributed by atoms with Crippen LogP contribution in [0.15, 0.2) is 40.7 Å². The maximum absolute atomic E-state index is 12.2. The fourth-order valence-corrected chi connectivity index (χ4v) is 4.37. The molecule has 114 valence electrons. The topological polar surface area (TPSA) is 103 Å². The third-order valence-corrected chi connectivity index (χ3v) is 5.86. The van der Waals surface area contributed by atoms with Crippen molar-refractivity contribution in [2.75, 3.05) is 15.4 Å². The predicted octanol–water partition coefficient (Wildman–Crippen LogP) is 1.96. The van der Waals surface area contributed by atoms with Gasteiger partial charge in [-0.3, -0.25) is 19.8 Å². The Hall–Kier alpha value is -1.91. The summed E-state index contributed by atoms with van der Waals surface area (Å²) in [5.74, 6) is 0.0383. The Balaban J connectivity index is 1.85. The molecule has 0 spiro atoms. The first kappa shape index (κ1) is 15.0. The van der Waals surface area contributed by atoms with E-state index in [9.17, 15) is 13.2 Å². The van der Waals surface area contributed by atoms with Gasteiger partial charge in [-0.2, -0.15) is 0 Å². The van der Waals surface area contributed by atoms with Crippen LogP contribution in [0.1, 0.15) is 0 Å². The van der Waals surface area contributed by atoms with Gasteiger partial charge >= 0.3 is 0 Å². The SMILES string of the molecule is N=C1SCC(=O)N1c1ccc(S(=O)(=O)Nc2nccs2)cc1. The molecule has 1 saturated heterocycles. The molecule has 0 atom stereocenters. The lowest BCUT2D eigenvalue weighted by Crippen LogP contribution is -2.28. The summed E-state index contributed by atoms with van der Waals surface area (Å²) in [6.07, 6.45) is 1.51. The molecule has 2 aromatic rings. The van der Waals surface area contributed by atoms with E-state index < -0.39 is 10.0 Å². The lowest BCUT2D eigenvalue weighted by atomic mass is 10.3. The average Bonchev–Trinajstić information content (AvgIpc) is 3.09. The molecule has 22 heavy (non-hydrogen) atoms. The molecule has 3 rings (SSSR count). The van der Waals surface area contributed by atoms with Crippen LogP contribution in [0.5, 0.6) is 0 Å². The molecular formula is C12H10N4O3S3. The number of carbonyl (C=O) groups excluding carboxylic acids is 1. The number of nitrogens with one attached hydrogen (secondary N) is 2. The van der Waals surface area contributed by atoms with Gasteiger partial charge in [-0.1, -0.05) is 11.8 Å². The molecule has 0 radical (unpaired) electrons. The maximum Gasteiger partial charge on any atom is 0.263 e. The zero-order valence-electron chi connectivity index (χ0n) is 11.0. The highest BCUT2D eigenvalue weighted by molar-refractivity contribution is 8.15. The van der Waals surface area contributed by atoms with E-state index in [0.29, 0.717) is 5.69 Å². The summed E-state index contributed by atoms with van der Waals surface area (Å²) in [6, 6.07) is 5.81. The van der Waals surface area contributed by atoms with Gasteiger partial charge in [0, 0.05) is 11.6 Å². The minimum Gasteiger partial charge on any atom is -0.278 e. The Morgan fingerprint density at radius 3 is 2.55 bits per heavy atom. The van der Waals surface area contributed by atoms with Gasteiger partial charge in [0.15, 0.2) is 10.3 Å². The highest BCUT2D eigenvalue weighted by Crippen LogP contribution is 2.27. The Bertz CT molecular complexity index is 800. The van der Waals surface area contributed by atoms with E-state index in [1.807, 2.05) is 0 Å². The Morgan fingerprint density at radius 2 is 2.00 bits per heavy atom. The number of benzene rings is 1. The maximum atomic E-state index is 12.2. The zero-order valence-corrected chi connectivity index (χ0v) is 13.5. The van der Waals surface area contributed by atoms with Crippen molar-refractivity contribution in [1.29, 1.82) is 5.41 Å². The monoisotopic (exact) mass is 354 g/mol. The number of carbonyl (C=O) groups is 1. The van der Waals surface area contributed by atoms with E-state index in [0.717, 1.165) is 11.8 Å². The van der Waals surface area contributed by atoms with Gasteiger partial charge in [-0.15, -0.1) is 11.3 Å². The quantitative estimate of drug-likeness (QED) is 0.873. The molecule has 10 heteroatoms. The Kier molecular flexibility index (Phi) is 3.89. The molecular weight excluding hydrogens is 344 g/mol. The second-order valence-corrected chi connectivity index (χ2v) is 7.80. The second-order valence-electron chi connectivity index (χ2n) is 4.26. The molecule has 0 saturated carbocycles. The van der Waals surface area contributed by atoms with Crippen molar-refractivity contribution in [3.63, 3.8) is 0 Å². The van der Waals surface area contributed by atoms with Gasteiger partial charge in [0.1, 0.15) is 0 Å². The van der Waals surface area contributed by atoms with E-state index in [-0.39, 0.29) is 26.9 Å². The van der Waals surface area contributed by atoms with Gasteiger partial charge in [0.25, 0.3) is 10.0 Å². The van der Waals surface area contributed by atoms with E-state index >= 15 is 0 Å². The van der Waals surface area contributed by atoms with Crippen molar-refractivity contribution in [3.8, 4) is 0 Å². The van der Waals surface area contributed by atoms with Gasteiger partial charge in [0.05, 0.1) is 16.3 Å². The first-order valence-corrected chi connectivity index (χ1v) is 9.39. The molecule has 0 bridgehead atoms. The van der Waals surface area contributed by atoms with Gasteiger partial charge in [-0.25, -0.2) is 13.4 Å². The molecule has 1 aliphatic heterocycles. The minimum atomic E-state index is -3.71. The molecule has 2 heterocycles. The molecule has 2 N–H and O–H groups in total. The predicted molar refractivity (Wildman–Crippen MR) is 87.0 cm³/mol. The van der Waals surface area contributed by atoms with Crippen LogP contribution < -0.4 is 9.62 Å². The number of rotatable bonds is 4. The summed E-state index contributed by atoms with van der Waals surface area (Å²) in [5.41, 5.74) is 0.480. The zero-order chi connectivity index (χ0) is 15.7. The average molecular weight is 354 g/mol. The molecule has 7 nitrogen and oxygen atoms in total. The summed E-state index contributed by atoms with van der Waals surface area (Å²) in [5, 5.41) is 9.81. The number of amidine groups is 1. The third kappa shape index (κ3) is 2.85. The molecule has 1 amide bonds.